The molecule has 78 valence electrons. The van der Waals surface area contributed by atoms with E-state index in [0.717, 1.165) is 16.4 Å². The highest BCUT2D eigenvalue weighted by Gasteiger charge is 2.12. The van der Waals surface area contributed by atoms with Crippen molar-refractivity contribution in [1.29, 1.82) is 0 Å². The second-order valence-corrected chi connectivity index (χ2v) is 4.89. The first kappa shape index (κ1) is 11.6. The summed E-state index contributed by atoms with van der Waals surface area (Å²) in [5, 5.41) is 1.92. The summed E-state index contributed by atoms with van der Waals surface area (Å²) in [6.07, 6.45) is 1.11. The van der Waals surface area contributed by atoms with Crippen LogP contribution < -0.4 is 5.48 Å². The molecule has 1 N–H and O–H groups in total. The molecular formula is C9H13NO2S2. The first-order valence-electron chi connectivity index (χ1n) is 4.33. The monoisotopic (exact) mass is 231 g/mol. The normalized spacial score (nSPS) is 10.1. The average Bonchev–Trinajstić information content (AvgIpc) is 2.63. The summed E-state index contributed by atoms with van der Waals surface area (Å²) in [5.41, 5.74) is 3.02. The van der Waals surface area contributed by atoms with Gasteiger partial charge in [0.15, 0.2) is 0 Å². The summed E-state index contributed by atoms with van der Waals surface area (Å²) < 4.78 is 1.06. The van der Waals surface area contributed by atoms with Gasteiger partial charge in [0, 0.05) is 0 Å². The van der Waals surface area contributed by atoms with E-state index in [1.165, 1.54) is 7.11 Å². The topological polar surface area (TPSA) is 38.3 Å². The van der Waals surface area contributed by atoms with Gasteiger partial charge in [0.1, 0.15) is 0 Å². The number of amides is 1. The molecule has 0 aliphatic rings. The predicted molar refractivity (Wildman–Crippen MR) is 59.8 cm³/mol. The second kappa shape index (κ2) is 6.06. The van der Waals surface area contributed by atoms with Gasteiger partial charge in [-0.2, -0.15) is 0 Å². The van der Waals surface area contributed by atoms with E-state index in [1.54, 1.807) is 23.1 Å². The number of nitrogens with one attached hydrogen (secondary N) is 1. The van der Waals surface area contributed by atoms with Crippen molar-refractivity contribution in [2.75, 3.05) is 12.9 Å². The van der Waals surface area contributed by atoms with Crippen LogP contribution >= 0.6 is 23.1 Å². The van der Waals surface area contributed by atoms with Gasteiger partial charge in [-0.05, 0) is 23.6 Å². The van der Waals surface area contributed by atoms with Gasteiger partial charge >= 0.3 is 0 Å². The zero-order valence-electron chi connectivity index (χ0n) is 8.20. The number of hydroxylamine groups is 1. The minimum atomic E-state index is -0.174. The van der Waals surface area contributed by atoms with Crippen LogP contribution in [0.2, 0.25) is 0 Å². The largest absolute Gasteiger partial charge is 0.277 e. The number of hydrogen-bond donors (Lipinski definition) is 1. The quantitative estimate of drug-likeness (QED) is 0.625. The molecule has 1 heterocycles. The molecule has 1 aromatic rings. The van der Waals surface area contributed by atoms with Crippen molar-refractivity contribution in [2.45, 2.75) is 17.6 Å². The molecule has 0 aliphatic carbocycles. The van der Waals surface area contributed by atoms with Crippen LogP contribution in [0.15, 0.2) is 15.7 Å². The Labute approximate surface area is 91.8 Å². The zero-order valence-corrected chi connectivity index (χ0v) is 9.83. The maximum absolute atomic E-state index is 11.4. The molecule has 0 radical (unpaired) electrons. The maximum Gasteiger partial charge on any atom is 0.276 e. The Hall–Kier alpha value is -0.520. The van der Waals surface area contributed by atoms with Crippen molar-refractivity contribution in [3.63, 3.8) is 0 Å². The van der Waals surface area contributed by atoms with E-state index in [1.807, 2.05) is 11.4 Å². The Morgan fingerprint density at radius 3 is 3.14 bits per heavy atom. The van der Waals surface area contributed by atoms with E-state index < -0.39 is 0 Å². The lowest BCUT2D eigenvalue weighted by atomic mass is 10.3. The molecule has 1 aromatic heterocycles. The highest BCUT2D eigenvalue weighted by molar-refractivity contribution is 8.01. The van der Waals surface area contributed by atoms with E-state index in [9.17, 15) is 4.79 Å². The second-order valence-electron chi connectivity index (χ2n) is 2.61. The van der Waals surface area contributed by atoms with Crippen molar-refractivity contribution in [2.24, 2.45) is 0 Å². The van der Waals surface area contributed by atoms with Gasteiger partial charge < -0.3 is 0 Å². The van der Waals surface area contributed by atoms with E-state index in [4.69, 9.17) is 0 Å². The van der Waals surface area contributed by atoms with Crippen molar-refractivity contribution in [3.8, 4) is 0 Å². The molecule has 14 heavy (non-hydrogen) atoms. The highest BCUT2D eigenvalue weighted by Crippen LogP contribution is 2.29. The number of thioether (sulfide) groups is 1. The molecule has 0 saturated carbocycles. The molecule has 1 rings (SSSR count). The summed E-state index contributed by atoms with van der Waals surface area (Å²) in [7, 11) is 1.43. The highest BCUT2D eigenvalue weighted by atomic mass is 32.2. The average molecular weight is 231 g/mol. The third kappa shape index (κ3) is 3.01. The Morgan fingerprint density at radius 1 is 1.71 bits per heavy atom. The van der Waals surface area contributed by atoms with Crippen LogP contribution in [0.1, 0.15) is 23.7 Å². The van der Waals surface area contributed by atoms with E-state index in [0.29, 0.717) is 5.56 Å². The third-order valence-electron chi connectivity index (χ3n) is 1.51. The predicted octanol–water partition coefficient (Wildman–Crippen LogP) is 2.54. The Kier molecular flexibility index (Phi) is 5.00. The number of thiophene rings is 1. The molecule has 0 atom stereocenters. The summed E-state index contributed by atoms with van der Waals surface area (Å²) in [5.74, 6) is 0.862. The van der Waals surface area contributed by atoms with Gasteiger partial charge in [0.2, 0.25) is 0 Å². The lowest BCUT2D eigenvalue weighted by Crippen LogP contribution is -2.21. The lowest BCUT2D eigenvalue weighted by molar-refractivity contribution is 0.0535. The van der Waals surface area contributed by atoms with Gasteiger partial charge in [-0.25, -0.2) is 5.48 Å². The fraction of sp³-hybridized carbons (Fsp3) is 0.444. The molecule has 5 heteroatoms. The standard InChI is InChI=1S/C9H13NO2S2/c1-3-5-13-9-7(4-6-14-9)8(11)10-12-2/h4,6H,3,5H2,1-2H3,(H,10,11). The van der Waals surface area contributed by atoms with Crippen LogP contribution in [0.25, 0.3) is 0 Å². The van der Waals surface area contributed by atoms with Crippen LogP contribution in [0.5, 0.6) is 0 Å². The molecule has 0 unspecified atom stereocenters. The number of hydrogen-bond acceptors (Lipinski definition) is 4. The Morgan fingerprint density at radius 2 is 2.50 bits per heavy atom. The molecule has 3 nitrogen and oxygen atoms in total. The summed E-state index contributed by atoms with van der Waals surface area (Å²) in [6, 6.07) is 1.82. The fourth-order valence-corrected chi connectivity index (χ4v) is 2.93. The smallest absolute Gasteiger partial charge is 0.276 e. The van der Waals surface area contributed by atoms with Gasteiger partial charge in [-0.15, -0.1) is 23.1 Å². The van der Waals surface area contributed by atoms with Gasteiger partial charge in [0.25, 0.3) is 5.91 Å². The van der Waals surface area contributed by atoms with Crippen molar-refractivity contribution < 1.29 is 9.63 Å². The summed E-state index contributed by atoms with van der Waals surface area (Å²) >= 11 is 3.30. The number of carbonyl (C=O) groups is 1. The first-order valence-corrected chi connectivity index (χ1v) is 6.19. The summed E-state index contributed by atoms with van der Waals surface area (Å²) in [4.78, 5) is 16.0. The van der Waals surface area contributed by atoms with Crippen LogP contribution in [0.4, 0.5) is 0 Å². The minimum absolute atomic E-state index is 0.174. The third-order valence-corrected chi connectivity index (χ3v) is 3.95. The molecular weight excluding hydrogens is 218 g/mol. The minimum Gasteiger partial charge on any atom is -0.277 e. The number of rotatable bonds is 5. The van der Waals surface area contributed by atoms with Gasteiger partial charge in [-0.1, -0.05) is 6.92 Å². The molecule has 0 bridgehead atoms. The molecule has 1 amide bonds. The summed E-state index contributed by atoms with van der Waals surface area (Å²) in [6.45, 7) is 2.12. The van der Waals surface area contributed by atoms with Crippen LogP contribution in [0.3, 0.4) is 0 Å². The Bertz CT molecular complexity index is 299. The fourth-order valence-electron chi connectivity index (χ4n) is 0.918. The SMILES string of the molecule is CCCSc1sccc1C(=O)NOC. The number of carbonyl (C=O) groups excluding carboxylic acids is 1. The molecule has 0 spiro atoms. The van der Waals surface area contributed by atoms with Gasteiger partial charge in [-0.3, -0.25) is 9.63 Å². The molecule has 0 aliphatic heterocycles. The maximum atomic E-state index is 11.4. The lowest BCUT2D eigenvalue weighted by Gasteiger charge is -2.02. The van der Waals surface area contributed by atoms with E-state index >= 15 is 0 Å². The molecule has 0 saturated heterocycles. The van der Waals surface area contributed by atoms with Crippen LogP contribution in [0, 0.1) is 0 Å². The van der Waals surface area contributed by atoms with Crippen molar-refractivity contribution in [1.82, 2.24) is 5.48 Å². The van der Waals surface area contributed by atoms with Crippen molar-refractivity contribution >= 4 is 29.0 Å². The van der Waals surface area contributed by atoms with Crippen molar-refractivity contribution in [3.05, 3.63) is 17.0 Å². The van der Waals surface area contributed by atoms with E-state index in [2.05, 4.69) is 17.2 Å². The van der Waals surface area contributed by atoms with Crippen LogP contribution in [-0.4, -0.2) is 18.8 Å². The molecule has 0 fully saturated rings. The zero-order chi connectivity index (χ0) is 10.4. The Balaban J connectivity index is 2.66. The van der Waals surface area contributed by atoms with Crippen LogP contribution in [-0.2, 0) is 4.84 Å². The van der Waals surface area contributed by atoms with Gasteiger partial charge in [0.05, 0.1) is 16.9 Å². The molecule has 0 aromatic carbocycles. The van der Waals surface area contributed by atoms with E-state index in [-0.39, 0.29) is 5.91 Å². The first-order chi connectivity index (χ1) is 6.79.